The van der Waals surface area contributed by atoms with Gasteiger partial charge in [-0.25, -0.2) is 8.42 Å². The quantitative estimate of drug-likeness (QED) is 0.849. The molecule has 3 rings (SSSR count). The Kier molecular flexibility index (Phi) is 4.65. The van der Waals surface area contributed by atoms with Gasteiger partial charge in [-0.3, -0.25) is 14.5 Å². The smallest absolute Gasteiger partial charge is 0.263 e. The second-order valence-electron chi connectivity index (χ2n) is 5.16. The summed E-state index contributed by atoms with van der Waals surface area (Å²) in [5.74, 6) is 0.243. The fourth-order valence-corrected chi connectivity index (χ4v) is 3.86. The van der Waals surface area contributed by atoms with Gasteiger partial charge in [-0.15, -0.1) is 0 Å². The molecule has 0 unspecified atom stereocenters. The maximum absolute atomic E-state index is 12.0. The van der Waals surface area contributed by atoms with Crippen molar-refractivity contribution in [2.75, 3.05) is 19.0 Å². The number of amidine groups is 1. The molecule has 1 aliphatic rings. The van der Waals surface area contributed by atoms with E-state index >= 15 is 0 Å². The summed E-state index contributed by atoms with van der Waals surface area (Å²) >= 11 is 6.00. The molecule has 0 atom stereocenters. The predicted octanol–water partition coefficient (Wildman–Crippen LogP) is 2.03. The number of rotatable bonds is 4. The van der Waals surface area contributed by atoms with E-state index in [0.717, 1.165) is 0 Å². The van der Waals surface area contributed by atoms with Crippen LogP contribution in [0.1, 0.15) is 5.56 Å². The lowest BCUT2D eigenvalue weighted by molar-refractivity contribution is -0.114. The molecule has 0 aliphatic carbocycles. The van der Waals surface area contributed by atoms with Gasteiger partial charge in [0.15, 0.2) is 0 Å². The highest BCUT2D eigenvalue weighted by Crippen LogP contribution is 2.27. The number of benzene rings is 2. The molecule has 1 amide bonds. The fraction of sp³-hybridized carbons (Fsp3) is 0.125. The third kappa shape index (κ3) is 3.59. The number of nitrogens with zero attached hydrogens (tertiary/aromatic N) is 1. The number of hydrogen-bond acceptors (Lipinski definition) is 5. The summed E-state index contributed by atoms with van der Waals surface area (Å²) in [5, 5.41) is 3.00. The SMILES string of the molecule is COc1ccc(NC(=O)CN=C2NS(=O)(=O)c3ccccc32)cc1Cl. The zero-order valence-corrected chi connectivity index (χ0v) is 14.7. The zero-order valence-electron chi connectivity index (χ0n) is 13.1. The number of sulfonamides is 1. The van der Waals surface area contributed by atoms with Gasteiger partial charge < -0.3 is 10.1 Å². The molecular formula is C16H14ClN3O4S. The van der Waals surface area contributed by atoms with Crippen molar-refractivity contribution in [1.82, 2.24) is 4.72 Å². The lowest BCUT2D eigenvalue weighted by Crippen LogP contribution is -2.24. The van der Waals surface area contributed by atoms with Crippen LogP contribution in [0.15, 0.2) is 52.4 Å². The number of fused-ring (bicyclic) bond motifs is 1. The zero-order chi connectivity index (χ0) is 18.0. The van der Waals surface area contributed by atoms with Crippen LogP contribution in [-0.4, -0.2) is 33.8 Å². The summed E-state index contributed by atoms with van der Waals surface area (Å²) in [6.45, 7) is -0.240. The van der Waals surface area contributed by atoms with Crippen LogP contribution in [0.25, 0.3) is 0 Å². The minimum Gasteiger partial charge on any atom is -0.495 e. The molecule has 130 valence electrons. The van der Waals surface area contributed by atoms with Gasteiger partial charge in [0.05, 0.1) is 17.0 Å². The van der Waals surface area contributed by atoms with E-state index in [1.807, 2.05) is 0 Å². The van der Waals surface area contributed by atoms with E-state index in [2.05, 4.69) is 15.0 Å². The van der Waals surface area contributed by atoms with Crippen molar-refractivity contribution in [3.63, 3.8) is 0 Å². The second-order valence-corrected chi connectivity index (χ2v) is 7.22. The molecule has 9 heteroatoms. The molecule has 2 aromatic carbocycles. The number of nitrogens with one attached hydrogen (secondary N) is 2. The van der Waals surface area contributed by atoms with Gasteiger partial charge in [0.2, 0.25) is 5.91 Å². The predicted molar refractivity (Wildman–Crippen MR) is 94.8 cm³/mol. The molecule has 25 heavy (non-hydrogen) atoms. The van der Waals surface area contributed by atoms with Crippen LogP contribution >= 0.6 is 11.6 Å². The van der Waals surface area contributed by atoms with Crippen LogP contribution in [0, 0.1) is 0 Å². The lowest BCUT2D eigenvalue weighted by atomic mass is 10.2. The topological polar surface area (TPSA) is 96.9 Å². The minimum atomic E-state index is -3.62. The molecule has 0 radical (unpaired) electrons. The number of methoxy groups -OCH3 is 1. The van der Waals surface area contributed by atoms with Gasteiger partial charge in [-0.05, 0) is 30.3 Å². The summed E-state index contributed by atoms with van der Waals surface area (Å²) in [7, 11) is -2.12. The maximum atomic E-state index is 12.0. The first-order chi connectivity index (χ1) is 11.9. The van der Waals surface area contributed by atoms with Gasteiger partial charge in [-0.1, -0.05) is 23.7 Å². The van der Waals surface area contributed by atoms with Crippen LogP contribution in [0.4, 0.5) is 5.69 Å². The van der Waals surface area contributed by atoms with Crippen LogP contribution in [0.5, 0.6) is 5.75 Å². The normalized spacial score (nSPS) is 16.2. The van der Waals surface area contributed by atoms with E-state index in [-0.39, 0.29) is 17.3 Å². The average Bonchev–Trinajstić information content (AvgIpc) is 2.84. The van der Waals surface area contributed by atoms with E-state index in [1.54, 1.807) is 36.4 Å². The number of amides is 1. The first-order valence-electron chi connectivity index (χ1n) is 7.21. The Labute approximate surface area is 149 Å². The molecule has 1 aliphatic heterocycles. The third-order valence-electron chi connectivity index (χ3n) is 3.48. The van der Waals surface area contributed by atoms with Crippen LogP contribution < -0.4 is 14.8 Å². The van der Waals surface area contributed by atoms with E-state index < -0.39 is 15.9 Å². The van der Waals surface area contributed by atoms with Crippen LogP contribution in [0.3, 0.4) is 0 Å². The maximum Gasteiger partial charge on any atom is 0.263 e. The van der Waals surface area contributed by atoms with Gasteiger partial charge in [-0.2, -0.15) is 0 Å². The number of hydrogen-bond donors (Lipinski definition) is 2. The van der Waals surface area contributed by atoms with Crippen molar-refractivity contribution in [3.05, 3.63) is 53.1 Å². The molecule has 0 fully saturated rings. The number of halogens is 1. The molecule has 2 N–H and O–H groups in total. The van der Waals surface area contributed by atoms with E-state index in [0.29, 0.717) is 22.0 Å². The highest BCUT2D eigenvalue weighted by atomic mass is 35.5. The molecule has 0 bridgehead atoms. The number of carbonyl (C=O) groups is 1. The Morgan fingerprint density at radius 2 is 2.04 bits per heavy atom. The fourth-order valence-electron chi connectivity index (χ4n) is 2.35. The Balaban J connectivity index is 1.73. The minimum absolute atomic E-state index is 0.149. The molecule has 0 saturated carbocycles. The summed E-state index contributed by atoms with van der Waals surface area (Å²) in [6, 6.07) is 11.3. The Morgan fingerprint density at radius 1 is 1.28 bits per heavy atom. The van der Waals surface area contributed by atoms with E-state index in [4.69, 9.17) is 16.3 Å². The van der Waals surface area contributed by atoms with Gasteiger partial charge >= 0.3 is 0 Å². The van der Waals surface area contributed by atoms with Gasteiger partial charge in [0.1, 0.15) is 18.1 Å². The van der Waals surface area contributed by atoms with Crippen LogP contribution in [-0.2, 0) is 14.8 Å². The van der Waals surface area contributed by atoms with Crippen molar-refractivity contribution >= 4 is 39.1 Å². The highest BCUT2D eigenvalue weighted by molar-refractivity contribution is 7.90. The van der Waals surface area contributed by atoms with Crippen molar-refractivity contribution in [1.29, 1.82) is 0 Å². The first kappa shape index (κ1) is 17.2. The molecular weight excluding hydrogens is 366 g/mol. The van der Waals surface area contributed by atoms with E-state index in [9.17, 15) is 13.2 Å². The number of aliphatic imine (C=N–C) groups is 1. The Bertz CT molecular complexity index is 973. The van der Waals surface area contributed by atoms with Gasteiger partial charge in [0.25, 0.3) is 10.0 Å². The largest absolute Gasteiger partial charge is 0.495 e. The van der Waals surface area contributed by atoms with Crippen molar-refractivity contribution < 1.29 is 17.9 Å². The molecule has 0 saturated heterocycles. The Hall–Kier alpha value is -2.58. The second kappa shape index (κ2) is 6.73. The van der Waals surface area contributed by atoms with E-state index in [1.165, 1.54) is 13.2 Å². The third-order valence-corrected chi connectivity index (χ3v) is 5.17. The number of anilines is 1. The highest BCUT2D eigenvalue weighted by Gasteiger charge is 2.30. The summed E-state index contributed by atoms with van der Waals surface area (Å²) in [4.78, 5) is 16.3. The lowest BCUT2D eigenvalue weighted by Gasteiger charge is -2.07. The van der Waals surface area contributed by atoms with Gasteiger partial charge in [0, 0.05) is 11.3 Å². The molecule has 2 aromatic rings. The monoisotopic (exact) mass is 379 g/mol. The van der Waals surface area contributed by atoms with Crippen LogP contribution in [0.2, 0.25) is 5.02 Å². The molecule has 0 spiro atoms. The Morgan fingerprint density at radius 3 is 2.76 bits per heavy atom. The molecule has 7 nitrogen and oxygen atoms in total. The van der Waals surface area contributed by atoms with Crippen molar-refractivity contribution in [2.45, 2.75) is 4.90 Å². The standard InChI is InChI=1S/C16H14ClN3O4S/c1-24-13-7-6-10(8-12(13)17)19-15(21)9-18-16-11-4-2-3-5-14(11)25(22,23)20-16/h2-8H,9H2,1H3,(H,18,20)(H,19,21). The summed E-state index contributed by atoms with van der Waals surface area (Å²) in [5.41, 5.74) is 0.936. The average molecular weight is 380 g/mol. The van der Waals surface area contributed by atoms with Crippen molar-refractivity contribution in [2.24, 2.45) is 4.99 Å². The molecule has 0 aromatic heterocycles. The summed E-state index contributed by atoms with van der Waals surface area (Å²) < 4.78 is 31.3. The number of ether oxygens (including phenoxy) is 1. The number of carbonyl (C=O) groups excluding carboxylic acids is 1. The molecule has 1 heterocycles. The first-order valence-corrected chi connectivity index (χ1v) is 9.07. The summed E-state index contributed by atoms with van der Waals surface area (Å²) in [6.07, 6.45) is 0. The van der Waals surface area contributed by atoms with Crippen molar-refractivity contribution in [3.8, 4) is 5.75 Å².